The van der Waals surface area contributed by atoms with Gasteiger partial charge in [-0.05, 0) is 6.04 Å². The highest BCUT2D eigenvalue weighted by molar-refractivity contribution is 14.1. The summed E-state index contributed by atoms with van der Waals surface area (Å²) in [6.45, 7) is 8.48. The van der Waals surface area contributed by atoms with Crippen LogP contribution in [0.2, 0.25) is 30.8 Å². The van der Waals surface area contributed by atoms with Gasteiger partial charge in [-0.3, -0.25) is 0 Å². The van der Waals surface area contributed by atoms with Crippen molar-refractivity contribution < 1.29 is 4.74 Å². The first kappa shape index (κ1) is 15.5. The van der Waals surface area contributed by atoms with Crippen LogP contribution in [0.5, 0.6) is 0 Å². The number of halogens is 2. The first-order valence-corrected chi connectivity index (χ1v) is 11.7. The fraction of sp³-hybridized carbons (Fsp3) is 0.667. The molecule has 1 aliphatic heterocycles. The average molecular weight is 412 g/mol. The normalized spacial score (nSPS) is 18.8. The molecule has 4 nitrogen and oxygen atoms in total. The summed E-state index contributed by atoms with van der Waals surface area (Å²) in [6, 6.07) is 1.18. The molecule has 0 fully saturated rings. The van der Waals surface area contributed by atoms with Crippen molar-refractivity contribution >= 4 is 48.1 Å². The SMILES string of the molecule is C[Si](C)(C)CCOCN1c2ncnc(Cl)c2CC1I. The van der Waals surface area contributed by atoms with Gasteiger partial charge >= 0.3 is 0 Å². The summed E-state index contributed by atoms with van der Waals surface area (Å²) in [5.41, 5.74) is 1.04. The Morgan fingerprint density at radius 1 is 1.47 bits per heavy atom. The van der Waals surface area contributed by atoms with Crippen molar-refractivity contribution in [2.45, 2.75) is 36.2 Å². The van der Waals surface area contributed by atoms with E-state index in [4.69, 9.17) is 16.3 Å². The number of alkyl halides is 1. The first-order valence-electron chi connectivity index (χ1n) is 6.36. The average Bonchev–Trinajstić information content (AvgIpc) is 2.62. The molecule has 19 heavy (non-hydrogen) atoms. The minimum absolute atomic E-state index is 0.341. The van der Waals surface area contributed by atoms with Crippen LogP contribution in [-0.4, -0.2) is 35.4 Å². The molecule has 7 heteroatoms. The van der Waals surface area contributed by atoms with Gasteiger partial charge in [-0.25, -0.2) is 9.97 Å². The Balaban J connectivity index is 1.94. The maximum Gasteiger partial charge on any atom is 0.139 e. The first-order chi connectivity index (χ1) is 8.88. The molecule has 106 valence electrons. The van der Waals surface area contributed by atoms with Gasteiger partial charge in [0.15, 0.2) is 0 Å². The molecule has 0 N–H and O–H groups in total. The fourth-order valence-corrected chi connectivity index (χ4v) is 3.73. The summed E-state index contributed by atoms with van der Waals surface area (Å²) < 4.78 is 6.15. The lowest BCUT2D eigenvalue weighted by molar-refractivity contribution is 0.146. The summed E-state index contributed by atoms with van der Waals surface area (Å²) in [7, 11) is -1.02. The zero-order chi connectivity index (χ0) is 14.0. The standard InChI is InChI=1S/C12H19ClIN3OSi/c1-19(2,3)5-4-18-8-17-10(14)6-9-11(13)15-7-16-12(9)17/h7,10H,4-6,8H2,1-3H3. The topological polar surface area (TPSA) is 38.2 Å². The van der Waals surface area contributed by atoms with Gasteiger partial charge in [-0.15, -0.1) is 0 Å². The number of aromatic nitrogens is 2. The monoisotopic (exact) mass is 411 g/mol. The van der Waals surface area contributed by atoms with Crippen LogP contribution in [0.25, 0.3) is 0 Å². The summed E-state index contributed by atoms with van der Waals surface area (Å²) in [4.78, 5) is 10.5. The van der Waals surface area contributed by atoms with Crippen molar-refractivity contribution in [2.24, 2.45) is 0 Å². The molecule has 1 atom stereocenters. The highest BCUT2D eigenvalue weighted by Crippen LogP contribution is 2.35. The van der Waals surface area contributed by atoms with Gasteiger partial charge in [0.25, 0.3) is 0 Å². The zero-order valence-electron chi connectivity index (χ0n) is 11.5. The second kappa shape index (κ2) is 6.24. The molecule has 0 aliphatic carbocycles. The van der Waals surface area contributed by atoms with Crippen LogP contribution in [0, 0.1) is 0 Å². The van der Waals surface area contributed by atoms with Gasteiger partial charge in [0.05, 0.1) is 4.05 Å². The van der Waals surface area contributed by atoms with E-state index in [9.17, 15) is 0 Å². The molecular weight excluding hydrogens is 393 g/mol. The number of rotatable bonds is 5. The molecule has 0 radical (unpaired) electrons. The Hall–Kier alpha value is 0.0769. The predicted molar refractivity (Wildman–Crippen MR) is 90.0 cm³/mol. The van der Waals surface area contributed by atoms with Gasteiger partial charge < -0.3 is 9.64 Å². The van der Waals surface area contributed by atoms with Gasteiger partial charge in [-0.1, -0.05) is 53.8 Å². The van der Waals surface area contributed by atoms with E-state index in [1.165, 1.54) is 12.4 Å². The molecule has 1 aliphatic rings. The van der Waals surface area contributed by atoms with Crippen LogP contribution in [0.4, 0.5) is 5.82 Å². The molecule has 0 saturated heterocycles. The van der Waals surface area contributed by atoms with Crippen LogP contribution < -0.4 is 4.90 Å². The zero-order valence-corrected chi connectivity index (χ0v) is 15.4. The largest absolute Gasteiger partial charge is 0.361 e. The van der Waals surface area contributed by atoms with Gasteiger partial charge in [0.2, 0.25) is 0 Å². The van der Waals surface area contributed by atoms with E-state index in [0.29, 0.717) is 15.9 Å². The number of hydrogen-bond acceptors (Lipinski definition) is 4. The Kier molecular flexibility index (Phi) is 5.08. The second-order valence-electron chi connectivity index (χ2n) is 5.92. The fourth-order valence-electron chi connectivity index (χ4n) is 1.90. The molecule has 2 heterocycles. The number of anilines is 1. The maximum absolute atomic E-state index is 6.11. The summed E-state index contributed by atoms with van der Waals surface area (Å²) in [6.07, 6.45) is 2.40. The molecule has 0 bridgehead atoms. The predicted octanol–water partition coefficient (Wildman–Crippen LogP) is 3.57. The van der Waals surface area contributed by atoms with E-state index < -0.39 is 8.07 Å². The van der Waals surface area contributed by atoms with Crippen LogP contribution in [-0.2, 0) is 11.2 Å². The molecule has 1 aromatic heterocycles. The molecule has 2 rings (SSSR count). The van der Waals surface area contributed by atoms with Gasteiger partial charge in [-0.2, -0.15) is 0 Å². The van der Waals surface area contributed by atoms with Gasteiger partial charge in [0.1, 0.15) is 24.0 Å². The lowest BCUT2D eigenvalue weighted by Gasteiger charge is -2.23. The molecule has 0 amide bonds. The number of nitrogens with zero attached hydrogens (tertiary/aromatic N) is 3. The van der Waals surface area contributed by atoms with Crippen molar-refractivity contribution in [3.05, 3.63) is 17.0 Å². The Morgan fingerprint density at radius 2 is 2.21 bits per heavy atom. The third-order valence-electron chi connectivity index (χ3n) is 3.08. The van der Waals surface area contributed by atoms with E-state index in [0.717, 1.165) is 24.4 Å². The van der Waals surface area contributed by atoms with E-state index in [-0.39, 0.29) is 0 Å². The quantitative estimate of drug-likeness (QED) is 0.185. The van der Waals surface area contributed by atoms with E-state index >= 15 is 0 Å². The van der Waals surface area contributed by atoms with E-state index in [1.807, 2.05) is 0 Å². The Morgan fingerprint density at radius 3 is 2.89 bits per heavy atom. The highest BCUT2D eigenvalue weighted by Gasteiger charge is 2.30. The minimum atomic E-state index is -1.02. The summed E-state index contributed by atoms with van der Waals surface area (Å²) in [5.74, 6) is 0.924. The van der Waals surface area contributed by atoms with Crippen molar-refractivity contribution in [3.63, 3.8) is 0 Å². The Labute approximate surface area is 134 Å². The summed E-state index contributed by atoms with van der Waals surface area (Å²) >= 11 is 8.51. The molecule has 1 aromatic rings. The van der Waals surface area contributed by atoms with Crippen LogP contribution in [0.3, 0.4) is 0 Å². The maximum atomic E-state index is 6.11. The van der Waals surface area contributed by atoms with Crippen LogP contribution >= 0.6 is 34.2 Å². The van der Waals surface area contributed by atoms with Gasteiger partial charge in [0, 0.05) is 26.7 Å². The third-order valence-corrected chi connectivity index (χ3v) is 6.22. The van der Waals surface area contributed by atoms with E-state index in [1.54, 1.807) is 0 Å². The third kappa shape index (κ3) is 4.02. The van der Waals surface area contributed by atoms with Crippen molar-refractivity contribution in [2.75, 3.05) is 18.2 Å². The smallest absolute Gasteiger partial charge is 0.139 e. The number of hydrogen-bond donors (Lipinski definition) is 0. The van der Waals surface area contributed by atoms with Crippen molar-refractivity contribution in [1.29, 1.82) is 0 Å². The Bertz CT molecular complexity index is 455. The van der Waals surface area contributed by atoms with Crippen molar-refractivity contribution in [1.82, 2.24) is 9.97 Å². The minimum Gasteiger partial charge on any atom is -0.361 e. The lowest BCUT2D eigenvalue weighted by Crippen LogP contribution is -2.31. The second-order valence-corrected chi connectivity index (χ2v) is 13.3. The number of fused-ring (bicyclic) bond motifs is 1. The molecule has 0 spiro atoms. The lowest BCUT2D eigenvalue weighted by atomic mass is 10.3. The van der Waals surface area contributed by atoms with Crippen LogP contribution in [0.1, 0.15) is 5.56 Å². The molecular formula is C12H19ClIN3OSi. The van der Waals surface area contributed by atoms with E-state index in [2.05, 4.69) is 57.1 Å². The molecule has 1 unspecified atom stereocenters. The molecule has 0 saturated carbocycles. The van der Waals surface area contributed by atoms with Crippen LogP contribution in [0.15, 0.2) is 6.33 Å². The molecule has 0 aromatic carbocycles. The number of ether oxygens (including phenoxy) is 1. The highest BCUT2D eigenvalue weighted by atomic mass is 127. The summed E-state index contributed by atoms with van der Waals surface area (Å²) in [5, 5.41) is 0.566. The van der Waals surface area contributed by atoms with Crippen molar-refractivity contribution in [3.8, 4) is 0 Å².